The van der Waals surface area contributed by atoms with Crippen LogP contribution in [0.4, 0.5) is 4.79 Å². The smallest absolute Gasteiger partial charge is 0.325 e. The molecule has 2 fully saturated rings. The third-order valence-electron chi connectivity index (χ3n) is 7.07. The quantitative estimate of drug-likeness (QED) is 0.558. The van der Waals surface area contributed by atoms with E-state index in [4.69, 9.17) is 0 Å². The van der Waals surface area contributed by atoms with Crippen LogP contribution in [0, 0.1) is 5.92 Å². The van der Waals surface area contributed by atoms with Gasteiger partial charge >= 0.3 is 6.03 Å². The molecule has 1 aromatic carbocycles. The summed E-state index contributed by atoms with van der Waals surface area (Å²) in [6.07, 6.45) is 3.12. The third kappa shape index (κ3) is 5.33. The number of benzene rings is 1. The van der Waals surface area contributed by atoms with Gasteiger partial charge in [-0.2, -0.15) is 0 Å². The number of aryl methyl sites for hydroxylation is 1. The SMILES string of the molecule is CN(C)CCN1C(=O)N[C@@](CCc2ccccc2)(C2CCN(C(=O)Cc3cccs3)CC2)C1=O. The molecule has 0 saturated carbocycles. The van der Waals surface area contributed by atoms with Crippen LogP contribution in [0.3, 0.4) is 0 Å². The van der Waals surface area contributed by atoms with Crippen molar-refractivity contribution >= 4 is 29.2 Å². The van der Waals surface area contributed by atoms with Crippen LogP contribution in [-0.2, 0) is 22.4 Å². The first-order valence-electron chi connectivity index (χ1n) is 12.0. The maximum Gasteiger partial charge on any atom is 0.325 e. The number of likely N-dealkylation sites (tertiary alicyclic amines) is 1. The number of likely N-dealkylation sites (N-methyl/N-ethyl adjacent to an activating group) is 1. The lowest BCUT2D eigenvalue weighted by atomic mass is 9.74. The van der Waals surface area contributed by atoms with Crippen molar-refractivity contribution in [2.24, 2.45) is 5.92 Å². The molecule has 0 unspecified atom stereocenters. The molecule has 8 heteroatoms. The zero-order chi connectivity index (χ0) is 24.1. The summed E-state index contributed by atoms with van der Waals surface area (Å²) >= 11 is 1.60. The first-order chi connectivity index (χ1) is 16.4. The van der Waals surface area contributed by atoms with Crippen molar-refractivity contribution in [3.05, 3.63) is 58.3 Å². The van der Waals surface area contributed by atoms with Gasteiger partial charge in [-0.05, 0) is 62.7 Å². The molecule has 1 aromatic heterocycles. The Hall–Kier alpha value is -2.71. The molecule has 34 heavy (non-hydrogen) atoms. The Balaban J connectivity index is 1.48. The predicted molar refractivity (Wildman–Crippen MR) is 134 cm³/mol. The van der Waals surface area contributed by atoms with Crippen LogP contribution in [0.25, 0.3) is 0 Å². The van der Waals surface area contributed by atoms with Gasteiger partial charge in [0.25, 0.3) is 5.91 Å². The van der Waals surface area contributed by atoms with E-state index in [0.717, 1.165) is 10.4 Å². The number of piperidine rings is 1. The molecule has 2 aliphatic rings. The second kappa shape index (κ2) is 10.7. The molecular formula is C26H34N4O3S. The highest BCUT2D eigenvalue weighted by Gasteiger charge is 2.55. The zero-order valence-corrected chi connectivity index (χ0v) is 20.9. The Bertz CT molecular complexity index is 987. The number of nitrogens with zero attached hydrogens (tertiary/aromatic N) is 3. The molecule has 7 nitrogen and oxygen atoms in total. The average Bonchev–Trinajstić information content (AvgIpc) is 3.43. The number of hydrogen-bond acceptors (Lipinski definition) is 5. The fraction of sp³-hybridized carbons (Fsp3) is 0.500. The summed E-state index contributed by atoms with van der Waals surface area (Å²) in [6.45, 7) is 2.23. The monoisotopic (exact) mass is 482 g/mol. The number of carbonyl (C=O) groups is 3. The standard InChI is InChI=1S/C26H34N4O3S/c1-28(2)16-17-30-24(32)26(27-25(30)33,13-10-20-7-4-3-5-8-20)21-11-14-29(15-12-21)23(31)19-22-9-6-18-34-22/h3-9,18,21H,10-17,19H2,1-2H3,(H,27,33)/t26-/m0/s1. The first-order valence-corrected chi connectivity index (χ1v) is 12.9. The summed E-state index contributed by atoms with van der Waals surface area (Å²) in [5.74, 6) is 0.0232. The van der Waals surface area contributed by atoms with Crippen molar-refractivity contribution in [1.29, 1.82) is 0 Å². The molecule has 2 aromatic rings. The molecule has 1 N–H and O–H groups in total. The lowest BCUT2D eigenvalue weighted by molar-refractivity contribution is -0.136. The molecule has 2 aliphatic heterocycles. The van der Waals surface area contributed by atoms with Crippen LogP contribution in [0.2, 0.25) is 0 Å². The molecule has 2 saturated heterocycles. The molecule has 0 spiro atoms. The second-order valence-corrected chi connectivity index (χ2v) is 10.6. The Labute approximate surface area is 205 Å². The van der Waals surface area contributed by atoms with E-state index < -0.39 is 5.54 Å². The van der Waals surface area contributed by atoms with Crippen molar-refractivity contribution in [1.82, 2.24) is 20.0 Å². The zero-order valence-electron chi connectivity index (χ0n) is 20.0. The van der Waals surface area contributed by atoms with Crippen molar-refractivity contribution in [2.45, 2.75) is 37.6 Å². The number of imide groups is 1. The van der Waals surface area contributed by atoms with E-state index in [1.807, 2.05) is 59.6 Å². The molecule has 0 radical (unpaired) electrons. The lowest BCUT2D eigenvalue weighted by Crippen LogP contribution is -2.57. The summed E-state index contributed by atoms with van der Waals surface area (Å²) in [6, 6.07) is 13.8. The highest BCUT2D eigenvalue weighted by atomic mass is 32.1. The van der Waals surface area contributed by atoms with E-state index >= 15 is 0 Å². The van der Waals surface area contributed by atoms with E-state index in [1.165, 1.54) is 4.90 Å². The molecule has 0 bridgehead atoms. The van der Waals surface area contributed by atoms with E-state index in [2.05, 4.69) is 17.4 Å². The summed E-state index contributed by atoms with van der Waals surface area (Å²) in [5.41, 5.74) is 0.238. The van der Waals surface area contributed by atoms with Gasteiger partial charge in [0.05, 0.1) is 6.42 Å². The van der Waals surface area contributed by atoms with Gasteiger partial charge in [0.1, 0.15) is 5.54 Å². The minimum absolute atomic E-state index is 0.00260. The molecular weight excluding hydrogens is 448 g/mol. The summed E-state index contributed by atoms with van der Waals surface area (Å²) in [5, 5.41) is 5.12. The Morgan fingerprint density at radius 3 is 2.50 bits per heavy atom. The number of carbonyl (C=O) groups excluding carboxylic acids is 3. The second-order valence-electron chi connectivity index (χ2n) is 9.56. The van der Waals surface area contributed by atoms with Crippen LogP contribution in [-0.4, -0.2) is 78.4 Å². The Kier molecular flexibility index (Phi) is 7.68. The number of amides is 4. The van der Waals surface area contributed by atoms with Gasteiger partial charge in [0.15, 0.2) is 0 Å². The van der Waals surface area contributed by atoms with Gasteiger partial charge in [-0.1, -0.05) is 36.4 Å². The predicted octanol–water partition coefficient (Wildman–Crippen LogP) is 3.01. The van der Waals surface area contributed by atoms with Gasteiger partial charge in [-0.25, -0.2) is 4.79 Å². The van der Waals surface area contributed by atoms with E-state index in [0.29, 0.717) is 58.3 Å². The minimum atomic E-state index is -0.915. The molecule has 1 atom stereocenters. The van der Waals surface area contributed by atoms with Crippen molar-refractivity contribution in [3.8, 4) is 0 Å². The maximum absolute atomic E-state index is 13.7. The topological polar surface area (TPSA) is 73.0 Å². The lowest BCUT2D eigenvalue weighted by Gasteiger charge is -2.41. The molecule has 182 valence electrons. The van der Waals surface area contributed by atoms with Gasteiger partial charge in [-0.3, -0.25) is 14.5 Å². The number of urea groups is 1. The van der Waals surface area contributed by atoms with Crippen molar-refractivity contribution < 1.29 is 14.4 Å². The average molecular weight is 483 g/mol. The van der Waals surface area contributed by atoms with Crippen LogP contribution in [0.5, 0.6) is 0 Å². The van der Waals surface area contributed by atoms with Gasteiger partial charge in [0.2, 0.25) is 5.91 Å². The summed E-state index contributed by atoms with van der Waals surface area (Å²) in [7, 11) is 3.87. The van der Waals surface area contributed by atoms with E-state index in [1.54, 1.807) is 11.3 Å². The fourth-order valence-electron chi connectivity index (χ4n) is 5.08. The van der Waals surface area contributed by atoms with Crippen LogP contribution < -0.4 is 5.32 Å². The maximum atomic E-state index is 13.7. The molecule has 0 aliphatic carbocycles. The molecule has 4 amide bonds. The summed E-state index contributed by atoms with van der Waals surface area (Å²) in [4.78, 5) is 45.8. The normalized spacial score (nSPS) is 21.4. The Morgan fingerprint density at radius 1 is 1.12 bits per heavy atom. The van der Waals surface area contributed by atoms with Crippen LogP contribution >= 0.6 is 11.3 Å². The highest BCUT2D eigenvalue weighted by molar-refractivity contribution is 7.10. The van der Waals surface area contributed by atoms with Crippen molar-refractivity contribution in [2.75, 3.05) is 40.3 Å². The first kappa shape index (κ1) is 24.4. The summed E-state index contributed by atoms with van der Waals surface area (Å²) < 4.78 is 0. The highest BCUT2D eigenvalue weighted by Crippen LogP contribution is 2.37. The Morgan fingerprint density at radius 2 is 1.85 bits per heavy atom. The van der Waals surface area contributed by atoms with Crippen molar-refractivity contribution in [3.63, 3.8) is 0 Å². The largest absolute Gasteiger partial charge is 0.342 e. The fourth-order valence-corrected chi connectivity index (χ4v) is 5.78. The number of rotatable bonds is 9. The minimum Gasteiger partial charge on any atom is -0.342 e. The molecule has 4 rings (SSSR count). The van der Waals surface area contributed by atoms with Gasteiger partial charge < -0.3 is 15.1 Å². The number of hydrogen-bond donors (Lipinski definition) is 1. The van der Waals surface area contributed by atoms with Gasteiger partial charge in [-0.15, -0.1) is 11.3 Å². The third-order valence-corrected chi connectivity index (χ3v) is 7.95. The number of nitrogens with one attached hydrogen (secondary N) is 1. The van der Waals surface area contributed by atoms with Gasteiger partial charge in [0, 0.05) is 31.1 Å². The molecule has 3 heterocycles. The van der Waals surface area contributed by atoms with E-state index in [9.17, 15) is 14.4 Å². The van der Waals surface area contributed by atoms with Crippen LogP contribution in [0.1, 0.15) is 29.7 Å². The van der Waals surface area contributed by atoms with Crippen LogP contribution in [0.15, 0.2) is 47.8 Å². The number of thiophene rings is 1. The van der Waals surface area contributed by atoms with E-state index in [-0.39, 0.29) is 23.8 Å².